The molecule has 2 fully saturated rings. The normalized spacial score (nSPS) is 29.9. The molecule has 3 rings (SSSR count). The van der Waals surface area contributed by atoms with Gasteiger partial charge in [0.1, 0.15) is 11.9 Å². The van der Waals surface area contributed by atoms with Crippen molar-refractivity contribution in [2.24, 2.45) is 5.92 Å². The van der Waals surface area contributed by atoms with Crippen molar-refractivity contribution in [3.8, 4) is 0 Å². The van der Waals surface area contributed by atoms with Crippen LogP contribution in [0.2, 0.25) is 13.1 Å². The number of rotatable bonds is 5. The molecule has 1 aliphatic carbocycles. The number of halogens is 2. The molecule has 2 aliphatic rings. The molecule has 1 saturated heterocycles. The van der Waals surface area contributed by atoms with Gasteiger partial charge in [-0.2, -0.15) is 13.8 Å². The number of alkyl halides is 2. The second kappa shape index (κ2) is 7.94. The molecule has 1 aromatic heterocycles. The molecule has 27 heavy (non-hydrogen) atoms. The van der Waals surface area contributed by atoms with Crippen molar-refractivity contribution >= 4 is 14.9 Å². The van der Waals surface area contributed by atoms with Crippen molar-refractivity contribution in [3.05, 3.63) is 22.7 Å². The molecule has 0 aromatic carbocycles. The monoisotopic (exact) mass is 403 g/mol. The summed E-state index contributed by atoms with van der Waals surface area (Å²) in [5, 5.41) is 10.4. The summed E-state index contributed by atoms with van der Waals surface area (Å²) in [6.07, 6.45) is 0.146. The summed E-state index contributed by atoms with van der Waals surface area (Å²) >= 11 is 0. The zero-order chi connectivity index (χ0) is 19.8. The van der Waals surface area contributed by atoms with Gasteiger partial charge in [-0.05, 0) is 37.9 Å². The fraction of sp³-hybridized carbons (Fsp3) is 0.765. The number of nitrogens with two attached hydrogens (primary N) is 1. The first-order valence-electron chi connectivity index (χ1n) is 9.43. The summed E-state index contributed by atoms with van der Waals surface area (Å²) < 4.78 is 42.0. The molecule has 1 saturated carbocycles. The van der Waals surface area contributed by atoms with Gasteiger partial charge in [-0.15, -0.1) is 0 Å². The fourth-order valence-corrected chi connectivity index (χ4v) is 5.03. The van der Waals surface area contributed by atoms with Gasteiger partial charge in [0, 0.05) is 6.20 Å². The van der Waals surface area contributed by atoms with Crippen molar-refractivity contribution in [2.45, 2.75) is 75.7 Å². The second-order valence-electron chi connectivity index (χ2n) is 7.66. The predicted octanol–water partition coefficient (Wildman–Crippen LogP) is 1.67. The van der Waals surface area contributed by atoms with Crippen LogP contribution in [0.25, 0.3) is 0 Å². The summed E-state index contributed by atoms with van der Waals surface area (Å²) in [4.78, 5) is 15.5. The van der Waals surface area contributed by atoms with Crippen LogP contribution in [0.3, 0.4) is 0 Å². The van der Waals surface area contributed by atoms with Crippen LogP contribution in [0.15, 0.2) is 17.1 Å². The molecular formula is C17H27F2N3O4Si. The first-order valence-corrected chi connectivity index (χ1v) is 12.2. The maximum absolute atomic E-state index is 14.8. The van der Waals surface area contributed by atoms with E-state index in [0.29, 0.717) is 4.57 Å². The van der Waals surface area contributed by atoms with E-state index < -0.39 is 45.2 Å². The number of hydrogen-bond acceptors (Lipinski definition) is 6. The molecule has 1 aliphatic heterocycles. The summed E-state index contributed by atoms with van der Waals surface area (Å²) in [6.45, 7) is 3.92. The van der Waals surface area contributed by atoms with Crippen LogP contribution in [0.5, 0.6) is 0 Å². The van der Waals surface area contributed by atoms with Crippen LogP contribution >= 0.6 is 0 Å². The highest BCUT2D eigenvalue weighted by Gasteiger charge is 2.62. The van der Waals surface area contributed by atoms with Gasteiger partial charge in [0.2, 0.25) is 6.23 Å². The van der Waals surface area contributed by atoms with Crippen LogP contribution in [-0.2, 0) is 9.16 Å². The van der Waals surface area contributed by atoms with Gasteiger partial charge in [0.05, 0.1) is 6.10 Å². The van der Waals surface area contributed by atoms with Gasteiger partial charge in [-0.25, -0.2) is 4.79 Å². The lowest BCUT2D eigenvalue weighted by Gasteiger charge is -2.36. The lowest BCUT2D eigenvalue weighted by molar-refractivity contribution is -0.141. The zero-order valence-corrected chi connectivity index (χ0v) is 16.7. The topological polar surface area (TPSA) is 99.6 Å². The minimum absolute atomic E-state index is 0.0594. The third kappa shape index (κ3) is 4.08. The van der Waals surface area contributed by atoms with Crippen LogP contribution in [0.1, 0.15) is 38.3 Å². The Morgan fingerprint density at radius 2 is 2.07 bits per heavy atom. The third-order valence-electron chi connectivity index (χ3n) is 5.29. The molecule has 2 heterocycles. The average Bonchev–Trinajstić information content (AvgIpc) is 2.84. The SMILES string of the molecule is C[SiH](C)OC(C1CCCCC1)C1OC(n2ccc(N)nc2=O)C(F)(F)C1O. The quantitative estimate of drug-likeness (QED) is 0.726. The summed E-state index contributed by atoms with van der Waals surface area (Å²) in [6, 6.07) is 1.25. The maximum Gasteiger partial charge on any atom is 0.351 e. The maximum atomic E-state index is 14.8. The zero-order valence-electron chi connectivity index (χ0n) is 15.6. The van der Waals surface area contributed by atoms with E-state index in [2.05, 4.69) is 4.98 Å². The highest BCUT2D eigenvalue weighted by atomic mass is 28.3. The van der Waals surface area contributed by atoms with Gasteiger partial charge in [-0.3, -0.25) is 4.57 Å². The van der Waals surface area contributed by atoms with E-state index in [0.717, 1.165) is 38.3 Å². The van der Waals surface area contributed by atoms with Crippen molar-refractivity contribution < 1.29 is 23.1 Å². The Hall–Kier alpha value is -1.36. The van der Waals surface area contributed by atoms with Crippen LogP contribution < -0.4 is 11.4 Å². The van der Waals surface area contributed by atoms with Crippen molar-refractivity contribution in [1.82, 2.24) is 9.55 Å². The first kappa shape index (κ1) is 20.4. The Morgan fingerprint density at radius 1 is 1.41 bits per heavy atom. The smallest absolute Gasteiger partial charge is 0.351 e. The first-order chi connectivity index (χ1) is 12.7. The van der Waals surface area contributed by atoms with E-state index in [1.54, 1.807) is 0 Å². The molecule has 7 nitrogen and oxygen atoms in total. The Kier molecular flexibility index (Phi) is 5.99. The Labute approximate surface area is 158 Å². The number of aliphatic hydroxyl groups excluding tert-OH is 1. The Bertz CT molecular complexity index is 712. The van der Waals surface area contributed by atoms with Gasteiger partial charge in [0.15, 0.2) is 15.1 Å². The number of ether oxygens (including phenoxy) is 1. The molecule has 3 N–H and O–H groups in total. The van der Waals surface area contributed by atoms with E-state index in [1.165, 1.54) is 6.07 Å². The lowest BCUT2D eigenvalue weighted by atomic mass is 9.82. The molecule has 4 unspecified atom stereocenters. The van der Waals surface area contributed by atoms with Crippen LogP contribution in [-0.4, -0.2) is 47.9 Å². The number of anilines is 1. The van der Waals surface area contributed by atoms with E-state index in [9.17, 15) is 18.7 Å². The minimum atomic E-state index is -3.65. The van der Waals surface area contributed by atoms with Gasteiger partial charge in [0.25, 0.3) is 0 Å². The van der Waals surface area contributed by atoms with Crippen molar-refractivity contribution in [2.75, 3.05) is 5.73 Å². The number of hydrogen-bond donors (Lipinski definition) is 2. The predicted molar refractivity (Wildman–Crippen MR) is 98.1 cm³/mol. The standard InChI is InChI=1S/C17H27F2N3O4Si/c1-27(2)26-12(10-6-4-3-5-7-10)13-14(23)17(18,19)15(25-13)22-9-8-11(20)21-16(22)24/h8-10,12-15,23,27H,3-7H2,1-2H3,(H2,20,21,24). The largest absolute Gasteiger partial charge is 0.415 e. The minimum Gasteiger partial charge on any atom is -0.415 e. The van der Waals surface area contributed by atoms with E-state index >= 15 is 0 Å². The average molecular weight is 404 g/mol. The summed E-state index contributed by atoms with van der Waals surface area (Å²) in [7, 11) is -1.57. The number of aromatic nitrogens is 2. The van der Waals surface area contributed by atoms with Gasteiger partial charge >= 0.3 is 11.6 Å². The Balaban J connectivity index is 1.91. The molecule has 0 bridgehead atoms. The highest BCUT2D eigenvalue weighted by molar-refractivity contribution is 6.48. The lowest BCUT2D eigenvalue weighted by Crippen LogP contribution is -2.48. The van der Waals surface area contributed by atoms with E-state index in [-0.39, 0.29) is 11.7 Å². The molecular weight excluding hydrogens is 376 g/mol. The van der Waals surface area contributed by atoms with Crippen molar-refractivity contribution in [3.63, 3.8) is 0 Å². The fourth-order valence-electron chi connectivity index (χ4n) is 4.03. The van der Waals surface area contributed by atoms with E-state index in [4.69, 9.17) is 14.9 Å². The molecule has 0 spiro atoms. The summed E-state index contributed by atoms with van der Waals surface area (Å²) in [5.74, 6) is -3.66. The molecule has 0 amide bonds. The molecule has 1 aromatic rings. The Morgan fingerprint density at radius 3 is 2.67 bits per heavy atom. The number of nitrogens with zero attached hydrogens (tertiary/aromatic N) is 2. The van der Waals surface area contributed by atoms with Gasteiger partial charge in [-0.1, -0.05) is 19.3 Å². The highest BCUT2D eigenvalue weighted by Crippen LogP contribution is 2.46. The molecule has 4 atom stereocenters. The molecule has 152 valence electrons. The van der Waals surface area contributed by atoms with Gasteiger partial charge < -0.3 is 20.0 Å². The molecule has 10 heteroatoms. The third-order valence-corrected chi connectivity index (χ3v) is 6.15. The van der Waals surface area contributed by atoms with Crippen molar-refractivity contribution in [1.29, 1.82) is 0 Å². The molecule has 0 radical (unpaired) electrons. The summed E-state index contributed by atoms with van der Waals surface area (Å²) in [5.41, 5.74) is 4.49. The second-order valence-corrected chi connectivity index (χ2v) is 10.0. The number of aliphatic hydroxyl groups is 1. The van der Waals surface area contributed by atoms with Crippen LogP contribution in [0, 0.1) is 5.92 Å². The number of nitrogen functional groups attached to an aromatic ring is 1. The van der Waals surface area contributed by atoms with E-state index in [1.807, 2.05) is 13.1 Å². The van der Waals surface area contributed by atoms with Crippen LogP contribution in [0.4, 0.5) is 14.6 Å².